The highest BCUT2D eigenvalue weighted by atomic mass is 19.4. The largest absolute Gasteiger partial charge is 0.472 e. The number of carbonyl (C=O) groups excluding carboxylic acids is 1. The molecule has 166 valence electrons. The van der Waals surface area contributed by atoms with Gasteiger partial charge in [-0.25, -0.2) is 9.97 Å². The van der Waals surface area contributed by atoms with Crippen LogP contribution in [-0.4, -0.2) is 44.4 Å². The minimum Gasteiger partial charge on any atom is -0.472 e. The molecular weight excluding hydrogens is 425 g/mol. The number of likely N-dealkylation sites (tertiary alicyclic amines) is 1. The molecule has 2 bridgehead atoms. The van der Waals surface area contributed by atoms with Gasteiger partial charge in [0.05, 0.1) is 23.4 Å². The number of ether oxygens (including phenoxy) is 1. The third-order valence-electron chi connectivity index (χ3n) is 5.91. The minimum atomic E-state index is -4.45. The number of carbonyl (C=O) groups is 1. The predicted molar refractivity (Wildman–Crippen MR) is 106 cm³/mol. The quantitative estimate of drug-likeness (QED) is 0.602. The van der Waals surface area contributed by atoms with E-state index in [0.29, 0.717) is 17.8 Å². The zero-order valence-corrected chi connectivity index (χ0v) is 17.0. The highest BCUT2D eigenvalue weighted by Gasteiger charge is 2.49. The van der Waals surface area contributed by atoms with Crippen molar-refractivity contribution in [1.29, 1.82) is 0 Å². The van der Waals surface area contributed by atoms with Gasteiger partial charge >= 0.3 is 6.18 Å². The Hall–Kier alpha value is -3.43. The van der Waals surface area contributed by atoms with Crippen molar-refractivity contribution >= 4 is 5.91 Å². The molecule has 0 radical (unpaired) electrons. The van der Waals surface area contributed by atoms with Crippen LogP contribution in [0.5, 0.6) is 5.88 Å². The van der Waals surface area contributed by atoms with E-state index >= 15 is 0 Å². The van der Waals surface area contributed by atoms with Crippen LogP contribution < -0.4 is 4.74 Å². The van der Waals surface area contributed by atoms with E-state index in [1.54, 1.807) is 17.2 Å². The molecule has 32 heavy (non-hydrogen) atoms. The Morgan fingerprint density at radius 1 is 1.19 bits per heavy atom. The van der Waals surface area contributed by atoms with Crippen molar-refractivity contribution < 1.29 is 27.1 Å². The molecule has 4 heterocycles. The molecule has 0 spiro atoms. The Bertz CT molecular complexity index is 1130. The molecule has 3 atom stereocenters. The second-order valence-corrected chi connectivity index (χ2v) is 8.15. The lowest BCUT2D eigenvalue weighted by Crippen LogP contribution is -2.47. The maximum atomic E-state index is 13.5. The van der Waals surface area contributed by atoms with Gasteiger partial charge in [0.25, 0.3) is 5.91 Å². The van der Waals surface area contributed by atoms with Crippen molar-refractivity contribution in [1.82, 2.24) is 19.9 Å². The van der Waals surface area contributed by atoms with E-state index in [-0.39, 0.29) is 35.7 Å². The van der Waals surface area contributed by atoms with Crippen LogP contribution in [0.25, 0.3) is 11.6 Å². The molecule has 3 aromatic rings. The highest BCUT2D eigenvalue weighted by molar-refractivity contribution is 5.99. The number of fused-ring (bicyclic) bond motifs is 2. The summed E-state index contributed by atoms with van der Waals surface area (Å²) in [6, 6.07) is 3.72. The van der Waals surface area contributed by atoms with Gasteiger partial charge in [-0.3, -0.25) is 9.78 Å². The second kappa shape index (κ2) is 7.61. The Balaban J connectivity index is 1.37. The molecule has 5 rings (SSSR count). The fourth-order valence-corrected chi connectivity index (χ4v) is 4.50. The summed E-state index contributed by atoms with van der Waals surface area (Å²) >= 11 is 0. The molecule has 0 aromatic carbocycles. The van der Waals surface area contributed by atoms with Gasteiger partial charge < -0.3 is 14.1 Å². The lowest BCUT2D eigenvalue weighted by molar-refractivity contribution is -0.137. The number of aryl methyl sites for hydroxylation is 1. The van der Waals surface area contributed by atoms with Gasteiger partial charge in [0.2, 0.25) is 11.8 Å². The molecule has 1 aliphatic carbocycles. The smallest absolute Gasteiger partial charge is 0.417 e. The normalized spacial score (nSPS) is 22.4. The first-order valence-corrected chi connectivity index (χ1v) is 10.2. The van der Waals surface area contributed by atoms with Crippen molar-refractivity contribution in [3.05, 3.63) is 59.7 Å². The molecule has 0 N–H and O–H groups in total. The van der Waals surface area contributed by atoms with E-state index < -0.39 is 11.7 Å². The Morgan fingerprint density at radius 3 is 2.69 bits per heavy atom. The standard InChI is InChI=1S/C22H19F3N4O3/c1-12-6-15(19(28-9-12)20-26-4-5-31-20)21(30)29-11-13-7-16(29)17(8-13)32-18-3-2-14(10-27-18)22(23,24)25/h2-6,9-10,13,16-17H,7-8,11H2,1H3. The number of halogens is 3. The van der Waals surface area contributed by atoms with Crippen LogP contribution in [0, 0.1) is 12.8 Å². The number of aromatic nitrogens is 3. The summed E-state index contributed by atoms with van der Waals surface area (Å²) in [6.45, 7) is 2.43. The van der Waals surface area contributed by atoms with E-state index in [2.05, 4.69) is 15.0 Å². The number of hydrogen-bond donors (Lipinski definition) is 0. The summed E-state index contributed by atoms with van der Waals surface area (Å²) < 4.78 is 49.6. The Morgan fingerprint density at radius 2 is 2.03 bits per heavy atom. The summed E-state index contributed by atoms with van der Waals surface area (Å²) in [6.07, 6.45) is 2.00. The van der Waals surface area contributed by atoms with E-state index in [1.807, 2.05) is 6.92 Å². The number of hydrogen-bond acceptors (Lipinski definition) is 6. The van der Waals surface area contributed by atoms with Gasteiger partial charge in [-0.2, -0.15) is 13.2 Å². The van der Waals surface area contributed by atoms with E-state index in [0.717, 1.165) is 30.7 Å². The van der Waals surface area contributed by atoms with Crippen molar-refractivity contribution in [3.8, 4) is 17.5 Å². The number of piperidine rings is 1. The summed E-state index contributed by atoms with van der Waals surface area (Å²) in [5, 5.41) is 0. The molecule has 2 fully saturated rings. The van der Waals surface area contributed by atoms with Crippen LogP contribution in [0.1, 0.15) is 34.3 Å². The predicted octanol–water partition coefficient (Wildman–Crippen LogP) is 4.14. The number of pyridine rings is 2. The first-order valence-electron chi connectivity index (χ1n) is 10.2. The van der Waals surface area contributed by atoms with Crippen LogP contribution in [0.2, 0.25) is 0 Å². The number of rotatable bonds is 4. The summed E-state index contributed by atoms with van der Waals surface area (Å²) in [4.78, 5) is 27.5. The number of amides is 1. The Kier molecular flexibility index (Phi) is 4.87. The van der Waals surface area contributed by atoms with Gasteiger partial charge in [-0.1, -0.05) is 0 Å². The molecule has 1 amide bonds. The topological polar surface area (TPSA) is 81.4 Å². The van der Waals surface area contributed by atoms with Gasteiger partial charge in [-0.05, 0) is 43.4 Å². The zero-order valence-electron chi connectivity index (χ0n) is 17.0. The molecule has 3 aromatic heterocycles. The zero-order chi connectivity index (χ0) is 22.5. The van der Waals surface area contributed by atoms with Crippen LogP contribution in [0.15, 0.2) is 47.5 Å². The molecule has 1 saturated heterocycles. The maximum Gasteiger partial charge on any atom is 0.417 e. The fraction of sp³-hybridized carbons (Fsp3) is 0.364. The van der Waals surface area contributed by atoms with Gasteiger partial charge in [0.15, 0.2) is 0 Å². The van der Waals surface area contributed by atoms with Crippen LogP contribution in [-0.2, 0) is 6.18 Å². The van der Waals surface area contributed by atoms with Gasteiger partial charge in [-0.15, -0.1) is 0 Å². The summed E-state index contributed by atoms with van der Waals surface area (Å²) in [5.41, 5.74) is 0.761. The highest BCUT2D eigenvalue weighted by Crippen LogP contribution is 2.41. The fourth-order valence-electron chi connectivity index (χ4n) is 4.50. The molecule has 2 aliphatic rings. The average Bonchev–Trinajstić information content (AvgIpc) is 3.50. The van der Waals surface area contributed by atoms with Crippen LogP contribution in [0.3, 0.4) is 0 Å². The second-order valence-electron chi connectivity index (χ2n) is 8.15. The molecule has 10 heteroatoms. The Labute approximate surface area is 181 Å². The van der Waals surface area contributed by atoms with Gasteiger partial charge in [0, 0.05) is 25.0 Å². The van der Waals surface area contributed by atoms with Crippen molar-refractivity contribution in [3.63, 3.8) is 0 Å². The molecule has 7 nitrogen and oxygen atoms in total. The van der Waals surface area contributed by atoms with E-state index in [9.17, 15) is 18.0 Å². The summed E-state index contributed by atoms with van der Waals surface area (Å²) in [7, 11) is 0. The number of oxazole rings is 1. The van der Waals surface area contributed by atoms with Crippen molar-refractivity contribution in [2.24, 2.45) is 5.92 Å². The SMILES string of the molecule is Cc1cnc(-c2ncco2)c(C(=O)N2CC3CC(Oc4ccc(C(F)(F)F)cn4)C2C3)c1. The van der Waals surface area contributed by atoms with E-state index in [1.165, 1.54) is 18.5 Å². The molecule has 3 unspecified atom stereocenters. The van der Waals surface area contributed by atoms with Crippen LogP contribution >= 0.6 is 0 Å². The minimum absolute atomic E-state index is 0.112. The summed E-state index contributed by atoms with van der Waals surface area (Å²) in [5.74, 6) is 0.432. The van der Waals surface area contributed by atoms with Crippen LogP contribution in [0.4, 0.5) is 13.2 Å². The molecule has 1 saturated carbocycles. The molecule has 1 aliphatic heterocycles. The number of nitrogens with zero attached hydrogens (tertiary/aromatic N) is 4. The first-order chi connectivity index (χ1) is 15.3. The number of alkyl halides is 3. The lowest BCUT2D eigenvalue weighted by Gasteiger charge is -2.33. The third kappa shape index (κ3) is 3.69. The monoisotopic (exact) mass is 444 g/mol. The van der Waals surface area contributed by atoms with Crippen molar-refractivity contribution in [2.75, 3.05) is 6.54 Å². The van der Waals surface area contributed by atoms with E-state index in [4.69, 9.17) is 9.15 Å². The lowest BCUT2D eigenvalue weighted by atomic mass is 10.0. The maximum absolute atomic E-state index is 13.5. The average molecular weight is 444 g/mol. The van der Waals surface area contributed by atoms with Crippen molar-refractivity contribution in [2.45, 2.75) is 38.1 Å². The first kappa shape index (κ1) is 20.5. The van der Waals surface area contributed by atoms with Gasteiger partial charge in [0.1, 0.15) is 18.1 Å². The third-order valence-corrected chi connectivity index (χ3v) is 5.91. The molecular formula is C22H19F3N4O3.